The zero-order valence-corrected chi connectivity index (χ0v) is 8.41. The molecule has 0 atom stereocenters. The van der Waals surface area contributed by atoms with Crippen molar-refractivity contribution in [3.8, 4) is 0 Å². The van der Waals surface area contributed by atoms with Crippen LogP contribution < -0.4 is 0 Å². The number of ether oxygens (including phenoxy) is 1. The molecule has 1 aliphatic rings. The molecule has 0 aliphatic heterocycles. The van der Waals surface area contributed by atoms with E-state index in [4.69, 9.17) is 0 Å². The second-order valence-electron chi connectivity index (χ2n) is 3.09. The minimum Gasteiger partial charge on any atom is -0.385 e. The van der Waals surface area contributed by atoms with Crippen molar-refractivity contribution >= 4 is 12.1 Å². The number of carbonyl (C=O) groups is 2. The van der Waals surface area contributed by atoms with Crippen LogP contribution in [0.15, 0.2) is 0 Å². The zero-order chi connectivity index (χ0) is 10.1. The summed E-state index contributed by atoms with van der Waals surface area (Å²) in [5, 5.41) is 0. The molecule has 0 aromatic rings. The van der Waals surface area contributed by atoms with Gasteiger partial charge in [-0.3, -0.25) is 4.79 Å². The minimum atomic E-state index is 0.169. The monoisotopic (exact) mass is 186 g/mol. The van der Waals surface area contributed by atoms with Gasteiger partial charge in [-0.25, -0.2) is 0 Å². The first-order valence-corrected chi connectivity index (χ1v) is 4.70. The van der Waals surface area contributed by atoms with E-state index in [1.54, 1.807) is 7.11 Å². The van der Waals surface area contributed by atoms with E-state index in [-0.39, 0.29) is 5.92 Å². The lowest BCUT2D eigenvalue weighted by Gasteiger charge is -2.13. The van der Waals surface area contributed by atoms with Crippen molar-refractivity contribution in [2.75, 3.05) is 13.7 Å². The van der Waals surface area contributed by atoms with E-state index in [1.807, 2.05) is 6.92 Å². The first-order chi connectivity index (χ1) is 6.24. The molecular formula is C10H18O3. The highest BCUT2D eigenvalue weighted by atomic mass is 16.5. The van der Waals surface area contributed by atoms with E-state index in [9.17, 15) is 9.59 Å². The molecule has 0 bridgehead atoms. The van der Waals surface area contributed by atoms with E-state index in [1.165, 1.54) is 0 Å². The molecule has 0 unspecified atom stereocenters. The SMILES string of the molecule is CCOC.O=CC1CCC(=O)CC1. The van der Waals surface area contributed by atoms with Gasteiger partial charge in [-0.2, -0.15) is 0 Å². The van der Waals surface area contributed by atoms with E-state index >= 15 is 0 Å². The average molecular weight is 186 g/mol. The number of hydrogen-bond donors (Lipinski definition) is 0. The fraction of sp³-hybridized carbons (Fsp3) is 0.800. The van der Waals surface area contributed by atoms with Gasteiger partial charge in [-0.1, -0.05) is 0 Å². The van der Waals surface area contributed by atoms with Crippen LogP contribution in [0.2, 0.25) is 0 Å². The van der Waals surface area contributed by atoms with Gasteiger partial charge in [0.05, 0.1) is 0 Å². The molecule has 3 heteroatoms. The largest absolute Gasteiger partial charge is 0.385 e. The maximum Gasteiger partial charge on any atom is 0.132 e. The van der Waals surface area contributed by atoms with Crippen LogP contribution in [0.1, 0.15) is 32.6 Å². The summed E-state index contributed by atoms with van der Waals surface area (Å²) in [4.78, 5) is 20.8. The Bertz CT molecular complexity index is 142. The van der Waals surface area contributed by atoms with Crippen LogP contribution in [0.3, 0.4) is 0 Å². The molecule has 0 radical (unpaired) electrons. The maximum atomic E-state index is 10.6. The third kappa shape index (κ3) is 6.46. The van der Waals surface area contributed by atoms with Crippen LogP contribution in [0, 0.1) is 5.92 Å². The summed E-state index contributed by atoms with van der Waals surface area (Å²) >= 11 is 0. The van der Waals surface area contributed by atoms with Crippen molar-refractivity contribution in [3.05, 3.63) is 0 Å². The summed E-state index contributed by atoms with van der Waals surface area (Å²) in [7, 11) is 1.68. The number of Topliss-reactive ketones (excluding diaryl/α,β-unsaturated/α-hetero) is 1. The van der Waals surface area contributed by atoms with Crippen LogP contribution >= 0.6 is 0 Å². The number of hydrogen-bond acceptors (Lipinski definition) is 3. The molecule has 0 N–H and O–H groups in total. The number of aldehydes is 1. The summed E-state index contributed by atoms with van der Waals surface area (Å²) in [5.74, 6) is 0.482. The smallest absolute Gasteiger partial charge is 0.132 e. The molecule has 1 rings (SSSR count). The molecule has 0 amide bonds. The summed E-state index contributed by atoms with van der Waals surface area (Å²) in [6.45, 7) is 2.78. The van der Waals surface area contributed by atoms with E-state index in [0.29, 0.717) is 18.6 Å². The quantitative estimate of drug-likeness (QED) is 0.615. The molecular weight excluding hydrogens is 168 g/mol. The summed E-state index contributed by atoms with van der Waals surface area (Å²) in [6.07, 6.45) is 3.75. The number of methoxy groups -OCH3 is 1. The Balaban J connectivity index is 0.000000310. The molecule has 1 saturated carbocycles. The lowest BCUT2D eigenvalue weighted by molar-refractivity contribution is -0.122. The molecule has 76 valence electrons. The Morgan fingerprint density at radius 3 is 2.23 bits per heavy atom. The summed E-state index contributed by atoms with van der Waals surface area (Å²) in [5.41, 5.74) is 0. The summed E-state index contributed by atoms with van der Waals surface area (Å²) < 4.78 is 4.54. The van der Waals surface area contributed by atoms with E-state index in [2.05, 4.69) is 4.74 Å². The van der Waals surface area contributed by atoms with Crippen LogP contribution in [-0.4, -0.2) is 25.8 Å². The number of carbonyl (C=O) groups excluding carboxylic acids is 2. The van der Waals surface area contributed by atoms with Crippen molar-refractivity contribution in [2.24, 2.45) is 5.92 Å². The molecule has 0 heterocycles. The van der Waals surface area contributed by atoms with Gasteiger partial charge in [0, 0.05) is 32.5 Å². The normalized spacial score (nSPS) is 17.5. The van der Waals surface area contributed by atoms with Crippen molar-refractivity contribution < 1.29 is 14.3 Å². The Labute approximate surface area is 79.5 Å². The maximum absolute atomic E-state index is 10.6. The number of rotatable bonds is 2. The van der Waals surface area contributed by atoms with Gasteiger partial charge in [0.2, 0.25) is 0 Å². The molecule has 3 nitrogen and oxygen atoms in total. The predicted octanol–water partition coefficient (Wildman–Crippen LogP) is 1.60. The molecule has 13 heavy (non-hydrogen) atoms. The topological polar surface area (TPSA) is 43.4 Å². The van der Waals surface area contributed by atoms with Crippen molar-refractivity contribution in [1.29, 1.82) is 0 Å². The number of ketones is 1. The van der Waals surface area contributed by atoms with Gasteiger partial charge in [0.1, 0.15) is 12.1 Å². The highest BCUT2D eigenvalue weighted by molar-refractivity contribution is 5.80. The molecule has 1 aliphatic carbocycles. The first-order valence-electron chi connectivity index (χ1n) is 4.70. The van der Waals surface area contributed by atoms with Gasteiger partial charge in [-0.15, -0.1) is 0 Å². The highest BCUT2D eigenvalue weighted by Gasteiger charge is 2.16. The van der Waals surface area contributed by atoms with Crippen LogP contribution in [0.25, 0.3) is 0 Å². The Kier molecular flexibility index (Phi) is 7.50. The second kappa shape index (κ2) is 7.92. The molecule has 0 spiro atoms. The lowest BCUT2D eigenvalue weighted by atomic mass is 9.90. The second-order valence-corrected chi connectivity index (χ2v) is 3.09. The zero-order valence-electron chi connectivity index (χ0n) is 8.41. The Hall–Kier alpha value is -0.700. The molecule has 0 aromatic carbocycles. The van der Waals surface area contributed by atoms with Gasteiger partial charge >= 0.3 is 0 Å². The highest BCUT2D eigenvalue weighted by Crippen LogP contribution is 2.18. The third-order valence-electron chi connectivity index (χ3n) is 2.07. The molecule has 1 fully saturated rings. The first kappa shape index (κ1) is 12.3. The molecule has 0 saturated heterocycles. The van der Waals surface area contributed by atoms with Crippen molar-refractivity contribution in [3.63, 3.8) is 0 Å². The fourth-order valence-corrected chi connectivity index (χ4v) is 1.10. The Morgan fingerprint density at radius 1 is 1.46 bits per heavy atom. The lowest BCUT2D eigenvalue weighted by Crippen LogP contribution is -2.14. The van der Waals surface area contributed by atoms with Crippen molar-refractivity contribution in [2.45, 2.75) is 32.6 Å². The fourth-order valence-electron chi connectivity index (χ4n) is 1.10. The molecule has 0 aromatic heterocycles. The van der Waals surface area contributed by atoms with Gasteiger partial charge in [0.25, 0.3) is 0 Å². The van der Waals surface area contributed by atoms with E-state index < -0.39 is 0 Å². The predicted molar refractivity (Wildman–Crippen MR) is 50.6 cm³/mol. The van der Waals surface area contributed by atoms with Crippen LogP contribution in [-0.2, 0) is 14.3 Å². The average Bonchev–Trinajstić information content (AvgIpc) is 2.19. The van der Waals surface area contributed by atoms with Crippen LogP contribution in [0.4, 0.5) is 0 Å². The van der Waals surface area contributed by atoms with Gasteiger partial charge < -0.3 is 9.53 Å². The van der Waals surface area contributed by atoms with Gasteiger partial charge in [0.15, 0.2) is 0 Å². The standard InChI is InChI=1S/C7H10O2.C3H8O/c8-5-6-1-3-7(9)4-2-6;1-3-4-2/h5-6H,1-4H2;3H2,1-2H3. The van der Waals surface area contributed by atoms with Gasteiger partial charge in [-0.05, 0) is 19.8 Å². The van der Waals surface area contributed by atoms with E-state index in [0.717, 1.165) is 25.7 Å². The Morgan fingerprint density at radius 2 is 1.92 bits per heavy atom. The van der Waals surface area contributed by atoms with Crippen molar-refractivity contribution in [1.82, 2.24) is 0 Å². The summed E-state index contributed by atoms with van der Waals surface area (Å²) in [6, 6.07) is 0. The minimum absolute atomic E-state index is 0.169. The van der Waals surface area contributed by atoms with Crippen LogP contribution in [0.5, 0.6) is 0 Å². The third-order valence-corrected chi connectivity index (χ3v) is 2.07.